The molecular weight excluding hydrogens is 418 g/mol. The van der Waals surface area contributed by atoms with Crippen molar-refractivity contribution < 1.29 is 23.8 Å². The first kappa shape index (κ1) is 20.8. The third-order valence-electron chi connectivity index (χ3n) is 4.94. The summed E-state index contributed by atoms with van der Waals surface area (Å²) in [6.45, 7) is 2.52. The van der Waals surface area contributed by atoms with Gasteiger partial charge < -0.3 is 14.3 Å². The lowest BCUT2D eigenvalue weighted by molar-refractivity contribution is -0.132. The lowest BCUT2D eigenvalue weighted by Gasteiger charge is -2.23. The predicted octanol–water partition coefficient (Wildman–Crippen LogP) is 5.35. The standard InChI is InChI=1S/C24H20ClNO5/c1-2-12-30-18-6-3-5-15(14-18)22(27)20-21(19-7-4-13-31-19)26(24(29)23(20)28)17-10-8-16(25)9-11-17/h3-11,13-14,21,27H,2,12H2,1H3/b22-20-. The minimum absolute atomic E-state index is 0.0532. The zero-order valence-corrected chi connectivity index (χ0v) is 17.5. The van der Waals surface area contributed by atoms with Crippen molar-refractivity contribution in [2.24, 2.45) is 0 Å². The van der Waals surface area contributed by atoms with Crippen LogP contribution in [0.3, 0.4) is 0 Å². The quantitative estimate of drug-likeness (QED) is 0.319. The van der Waals surface area contributed by atoms with Gasteiger partial charge in [-0.2, -0.15) is 0 Å². The molecule has 0 spiro atoms. The fourth-order valence-corrected chi connectivity index (χ4v) is 3.65. The summed E-state index contributed by atoms with van der Waals surface area (Å²) < 4.78 is 11.2. The summed E-state index contributed by atoms with van der Waals surface area (Å²) in [5, 5.41) is 11.6. The van der Waals surface area contributed by atoms with Gasteiger partial charge in [0.1, 0.15) is 23.3 Å². The first-order chi connectivity index (χ1) is 15.0. The Balaban J connectivity index is 1.84. The Morgan fingerprint density at radius 3 is 2.58 bits per heavy atom. The molecule has 0 bridgehead atoms. The van der Waals surface area contributed by atoms with E-state index in [0.29, 0.717) is 34.4 Å². The molecular formula is C24H20ClNO5. The van der Waals surface area contributed by atoms with Crippen LogP contribution in [0.5, 0.6) is 5.75 Å². The number of rotatable bonds is 6. The van der Waals surface area contributed by atoms with E-state index in [-0.39, 0.29) is 11.3 Å². The van der Waals surface area contributed by atoms with Crippen LogP contribution in [0.4, 0.5) is 5.69 Å². The number of ketones is 1. The highest BCUT2D eigenvalue weighted by Crippen LogP contribution is 2.42. The Morgan fingerprint density at radius 1 is 1.13 bits per heavy atom. The molecule has 1 aromatic heterocycles. The molecule has 158 valence electrons. The monoisotopic (exact) mass is 437 g/mol. The van der Waals surface area contributed by atoms with Gasteiger partial charge in [0.15, 0.2) is 0 Å². The molecule has 1 unspecified atom stereocenters. The van der Waals surface area contributed by atoms with E-state index in [4.69, 9.17) is 20.8 Å². The van der Waals surface area contributed by atoms with Crippen LogP contribution in [0.2, 0.25) is 5.02 Å². The molecule has 1 aliphatic rings. The van der Waals surface area contributed by atoms with E-state index in [1.165, 1.54) is 11.2 Å². The summed E-state index contributed by atoms with van der Waals surface area (Å²) in [6, 6.07) is 15.7. The average molecular weight is 438 g/mol. The molecule has 6 nitrogen and oxygen atoms in total. The highest BCUT2D eigenvalue weighted by atomic mass is 35.5. The van der Waals surface area contributed by atoms with Gasteiger partial charge in [-0.1, -0.05) is 30.7 Å². The van der Waals surface area contributed by atoms with Crippen LogP contribution in [-0.2, 0) is 9.59 Å². The molecule has 1 aliphatic heterocycles. The van der Waals surface area contributed by atoms with Crippen molar-refractivity contribution in [1.29, 1.82) is 0 Å². The molecule has 1 atom stereocenters. The second-order valence-electron chi connectivity index (χ2n) is 7.04. The maximum atomic E-state index is 13.0. The summed E-state index contributed by atoms with van der Waals surface area (Å²) >= 11 is 5.98. The SMILES string of the molecule is CCCOc1cccc(/C(O)=C2/C(=O)C(=O)N(c3ccc(Cl)cc3)C2c2ccco2)c1. The van der Waals surface area contributed by atoms with Gasteiger partial charge in [-0.25, -0.2) is 0 Å². The van der Waals surface area contributed by atoms with Gasteiger partial charge in [-0.15, -0.1) is 0 Å². The van der Waals surface area contributed by atoms with Crippen LogP contribution in [0.1, 0.15) is 30.7 Å². The fourth-order valence-electron chi connectivity index (χ4n) is 3.53. The Bertz CT molecular complexity index is 1140. The number of anilines is 1. The molecule has 7 heteroatoms. The number of hydrogen-bond acceptors (Lipinski definition) is 5. The first-order valence-corrected chi connectivity index (χ1v) is 10.2. The molecule has 2 aromatic carbocycles. The molecule has 0 saturated carbocycles. The van der Waals surface area contributed by atoms with Crippen LogP contribution in [0.25, 0.3) is 5.76 Å². The Morgan fingerprint density at radius 2 is 1.90 bits per heavy atom. The van der Waals surface area contributed by atoms with Crippen molar-refractivity contribution >= 4 is 34.7 Å². The number of amides is 1. The molecule has 1 N–H and O–H groups in total. The van der Waals surface area contributed by atoms with E-state index in [2.05, 4.69) is 0 Å². The molecule has 2 heterocycles. The largest absolute Gasteiger partial charge is 0.507 e. The number of nitrogens with zero attached hydrogens (tertiary/aromatic N) is 1. The molecule has 0 radical (unpaired) electrons. The molecule has 4 rings (SSSR count). The van der Waals surface area contributed by atoms with E-state index in [1.54, 1.807) is 60.7 Å². The number of hydrogen-bond donors (Lipinski definition) is 1. The summed E-state index contributed by atoms with van der Waals surface area (Å²) in [5.74, 6) is -0.933. The number of ether oxygens (including phenoxy) is 1. The van der Waals surface area contributed by atoms with Crippen LogP contribution < -0.4 is 9.64 Å². The second kappa shape index (κ2) is 8.70. The average Bonchev–Trinajstić information content (AvgIpc) is 3.40. The van der Waals surface area contributed by atoms with Gasteiger partial charge in [0.25, 0.3) is 11.7 Å². The van der Waals surface area contributed by atoms with Crippen molar-refractivity contribution in [2.75, 3.05) is 11.5 Å². The number of aliphatic hydroxyl groups is 1. The van der Waals surface area contributed by atoms with Crippen molar-refractivity contribution in [3.63, 3.8) is 0 Å². The Labute approximate surface area is 184 Å². The number of carbonyl (C=O) groups excluding carboxylic acids is 2. The minimum Gasteiger partial charge on any atom is -0.507 e. The number of furan rings is 1. The molecule has 1 fully saturated rings. The smallest absolute Gasteiger partial charge is 0.300 e. The van der Waals surface area contributed by atoms with Gasteiger partial charge >= 0.3 is 0 Å². The fraction of sp³-hybridized carbons (Fsp3) is 0.167. The number of benzene rings is 2. The predicted molar refractivity (Wildman–Crippen MR) is 117 cm³/mol. The minimum atomic E-state index is -0.920. The van der Waals surface area contributed by atoms with Crippen LogP contribution in [0, 0.1) is 0 Å². The summed E-state index contributed by atoms with van der Waals surface area (Å²) in [7, 11) is 0. The summed E-state index contributed by atoms with van der Waals surface area (Å²) in [4.78, 5) is 27.3. The molecule has 3 aromatic rings. The number of Topliss-reactive ketones (excluding diaryl/α,β-unsaturated/α-hetero) is 1. The van der Waals surface area contributed by atoms with E-state index in [0.717, 1.165) is 6.42 Å². The molecule has 0 aliphatic carbocycles. The van der Waals surface area contributed by atoms with Crippen molar-refractivity contribution in [2.45, 2.75) is 19.4 Å². The maximum absolute atomic E-state index is 13.0. The highest BCUT2D eigenvalue weighted by molar-refractivity contribution is 6.51. The third kappa shape index (κ3) is 3.94. The van der Waals surface area contributed by atoms with Gasteiger partial charge in [0, 0.05) is 16.3 Å². The van der Waals surface area contributed by atoms with Crippen molar-refractivity contribution in [3.05, 3.63) is 88.8 Å². The highest BCUT2D eigenvalue weighted by Gasteiger charge is 2.48. The summed E-state index contributed by atoms with van der Waals surface area (Å²) in [5.41, 5.74) is 0.786. The summed E-state index contributed by atoms with van der Waals surface area (Å²) in [6.07, 6.45) is 2.29. The van der Waals surface area contributed by atoms with E-state index < -0.39 is 17.7 Å². The van der Waals surface area contributed by atoms with Gasteiger partial charge in [0.2, 0.25) is 0 Å². The van der Waals surface area contributed by atoms with E-state index >= 15 is 0 Å². The maximum Gasteiger partial charge on any atom is 0.300 e. The topological polar surface area (TPSA) is 80.0 Å². The van der Waals surface area contributed by atoms with E-state index in [1.807, 2.05) is 6.92 Å². The number of halogens is 1. The van der Waals surface area contributed by atoms with E-state index in [9.17, 15) is 14.7 Å². The lowest BCUT2D eigenvalue weighted by atomic mass is 9.99. The molecule has 1 saturated heterocycles. The second-order valence-corrected chi connectivity index (χ2v) is 7.47. The first-order valence-electron chi connectivity index (χ1n) is 9.84. The zero-order chi connectivity index (χ0) is 22.0. The molecule has 31 heavy (non-hydrogen) atoms. The lowest BCUT2D eigenvalue weighted by Crippen LogP contribution is -2.29. The van der Waals surface area contributed by atoms with Gasteiger partial charge in [-0.3, -0.25) is 14.5 Å². The van der Waals surface area contributed by atoms with Crippen molar-refractivity contribution in [1.82, 2.24) is 0 Å². The third-order valence-corrected chi connectivity index (χ3v) is 5.19. The number of carbonyl (C=O) groups is 2. The van der Waals surface area contributed by atoms with Crippen LogP contribution in [0.15, 0.2) is 76.9 Å². The van der Waals surface area contributed by atoms with Crippen LogP contribution >= 0.6 is 11.6 Å². The Kier molecular flexibility index (Phi) is 5.82. The normalized spacial score (nSPS) is 17.9. The number of aliphatic hydroxyl groups excluding tert-OH is 1. The molecule has 1 amide bonds. The van der Waals surface area contributed by atoms with Gasteiger partial charge in [-0.05, 0) is 55.0 Å². The van der Waals surface area contributed by atoms with Gasteiger partial charge in [0.05, 0.1) is 18.4 Å². The van der Waals surface area contributed by atoms with Crippen LogP contribution in [-0.4, -0.2) is 23.4 Å². The Hall–Kier alpha value is -3.51. The zero-order valence-electron chi connectivity index (χ0n) is 16.7. The van der Waals surface area contributed by atoms with Crippen molar-refractivity contribution in [3.8, 4) is 5.75 Å².